The Balaban J connectivity index is 2.16. The van der Waals surface area contributed by atoms with Gasteiger partial charge < -0.3 is 5.32 Å². The van der Waals surface area contributed by atoms with Crippen LogP contribution < -0.4 is 5.32 Å². The largest absolute Gasteiger partial charge is 0.346 e. The van der Waals surface area contributed by atoms with Crippen LogP contribution in [0.1, 0.15) is 37.3 Å². The second kappa shape index (κ2) is 6.23. The van der Waals surface area contributed by atoms with Crippen molar-refractivity contribution in [2.45, 2.75) is 26.2 Å². The highest BCUT2D eigenvalue weighted by atomic mass is 32.1. The van der Waals surface area contributed by atoms with Gasteiger partial charge in [0.05, 0.1) is 0 Å². The predicted octanol–water partition coefficient (Wildman–Crippen LogP) is 5.54. The number of rotatable bonds is 4. The lowest BCUT2D eigenvalue weighted by atomic mass is 9.92. The van der Waals surface area contributed by atoms with Gasteiger partial charge in [-0.25, -0.2) is 0 Å². The molecule has 0 bridgehead atoms. The summed E-state index contributed by atoms with van der Waals surface area (Å²) in [5.41, 5.74) is 6.21. The Kier molecular flexibility index (Phi) is 4.16. The Bertz CT molecular complexity index is 686. The summed E-state index contributed by atoms with van der Waals surface area (Å²) < 4.78 is 0. The fourth-order valence-electron chi connectivity index (χ4n) is 2.82. The summed E-state index contributed by atoms with van der Waals surface area (Å²) in [7, 11) is 0. The molecule has 1 N–H and O–H groups in total. The molecule has 0 aromatic heterocycles. The van der Waals surface area contributed by atoms with E-state index in [9.17, 15) is 0 Å². The third-order valence-electron chi connectivity index (χ3n) is 3.88. The Labute approximate surface area is 131 Å². The van der Waals surface area contributed by atoms with E-state index < -0.39 is 0 Å². The van der Waals surface area contributed by atoms with Crippen LogP contribution >= 0.6 is 12.2 Å². The molecule has 2 heteroatoms. The fourth-order valence-corrected chi connectivity index (χ4v) is 3.17. The highest BCUT2D eigenvalue weighted by Gasteiger charge is 2.24. The van der Waals surface area contributed by atoms with Gasteiger partial charge in [-0.15, -0.1) is 0 Å². The van der Waals surface area contributed by atoms with E-state index in [2.05, 4.69) is 60.8 Å². The van der Waals surface area contributed by atoms with Gasteiger partial charge in [0.15, 0.2) is 0 Å². The average molecular weight is 293 g/mol. The van der Waals surface area contributed by atoms with Crippen molar-refractivity contribution in [3.8, 4) is 0 Å². The van der Waals surface area contributed by atoms with Crippen LogP contribution in [0, 0.1) is 0 Å². The van der Waals surface area contributed by atoms with Crippen molar-refractivity contribution in [2.75, 3.05) is 5.32 Å². The number of unbranched alkanes of at least 4 members (excludes halogenated alkanes) is 1. The number of anilines is 1. The van der Waals surface area contributed by atoms with Gasteiger partial charge in [-0.2, -0.15) is 0 Å². The SMILES string of the molecule is CCCC/C(=C1\C(=S)Nc2ccccc21)c1ccccc1. The maximum absolute atomic E-state index is 5.60. The van der Waals surface area contributed by atoms with E-state index >= 15 is 0 Å². The van der Waals surface area contributed by atoms with Gasteiger partial charge in [-0.1, -0.05) is 74.1 Å². The lowest BCUT2D eigenvalue weighted by molar-refractivity contribution is 0.825. The Hall–Kier alpha value is -1.93. The minimum Gasteiger partial charge on any atom is -0.346 e. The number of nitrogens with one attached hydrogen (secondary N) is 1. The first-order valence-electron chi connectivity index (χ1n) is 7.50. The molecule has 1 aliphatic rings. The number of hydrogen-bond donors (Lipinski definition) is 1. The van der Waals surface area contributed by atoms with Crippen molar-refractivity contribution in [3.63, 3.8) is 0 Å². The van der Waals surface area contributed by atoms with E-state index in [4.69, 9.17) is 12.2 Å². The van der Waals surface area contributed by atoms with E-state index in [1.54, 1.807) is 0 Å². The number of hydrogen-bond acceptors (Lipinski definition) is 1. The van der Waals surface area contributed by atoms with Crippen molar-refractivity contribution < 1.29 is 0 Å². The van der Waals surface area contributed by atoms with Crippen LogP contribution in [0.4, 0.5) is 5.69 Å². The third-order valence-corrected chi connectivity index (χ3v) is 4.18. The van der Waals surface area contributed by atoms with Crippen LogP contribution in [0.15, 0.2) is 54.6 Å². The first kappa shape index (κ1) is 14.0. The van der Waals surface area contributed by atoms with Crippen molar-refractivity contribution in [3.05, 3.63) is 65.7 Å². The zero-order valence-corrected chi connectivity index (χ0v) is 13.0. The quantitative estimate of drug-likeness (QED) is 0.586. The Morgan fingerprint density at radius 2 is 1.71 bits per heavy atom. The molecule has 0 aliphatic carbocycles. The highest BCUT2D eigenvalue weighted by Crippen LogP contribution is 2.39. The second-order valence-corrected chi connectivity index (χ2v) is 5.73. The monoisotopic (exact) mass is 293 g/mol. The van der Waals surface area contributed by atoms with Crippen LogP contribution in [0.2, 0.25) is 0 Å². The van der Waals surface area contributed by atoms with Crippen LogP contribution in [0.3, 0.4) is 0 Å². The lowest BCUT2D eigenvalue weighted by Gasteiger charge is -2.12. The molecule has 0 spiro atoms. The smallest absolute Gasteiger partial charge is 0.111 e. The molecule has 3 rings (SSSR count). The molecule has 2 aromatic carbocycles. The summed E-state index contributed by atoms with van der Waals surface area (Å²) in [6, 6.07) is 19.0. The molecule has 0 fully saturated rings. The first-order valence-corrected chi connectivity index (χ1v) is 7.91. The standard InChI is InChI=1S/C19H19NS/c1-2-3-11-15(14-9-5-4-6-10-14)18-16-12-7-8-13-17(16)20-19(18)21/h4-10,12-13H,2-3,11H2,1H3,(H,20,21)/b18-15+. The van der Waals surface area contributed by atoms with Crippen molar-refractivity contribution in [1.82, 2.24) is 0 Å². The molecular formula is C19H19NS. The normalized spacial score (nSPS) is 15.6. The van der Waals surface area contributed by atoms with E-state index in [0.717, 1.165) is 17.1 Å². The maximum atomic E-state index is 5.60. The lowest BCUT2D eigenvalue weighted by Crippen LogP contribution is -2.03. The molecule has 1 heterocycles. The Morgan fingerprint density at radius 1 is 1.00 bits per heavy atom. The number of thiocarbonyl (C=S) groups is 1. The zero-order valence-electron chi connectivity index (χ0n) is 12.2. The zero-order chi connectivity index (χ0) is 14.7. The topological polar surface area (TPSA) is 12.0 Å². The Morgan fingerprint density at radius 3 is 2.48 bits per heavy atom. The summed E-state index contributed by atoms with van der Waals surface area (Å²) in [4.78, 5) is 0.853. The number of para-hydroxylation sites is 1. The van der Waals surface area contributed by atoms with Crippen molar-refractivity contribution in [2.24, 2.45) is 0 Å². The summed E-state index contributed by atoms with van der Waals surface area (Å²) in [5.74, 6) is 0. The van der Waals surface area contributed by atoms with Crippen LogP contribution in [-0.2, 0) is 0 Å². The fraction of sp³-hybridized carbons (Fsp3) is 0.211. The summed E-state index contributed by atoms with van der Waals surface area (Å²) >= 11 is 5.60. The highest BCUT2D eigenvalue weighted by molar-refractivity contribution is 7.81. The molecule has 2 aromatic rings. The number of allylic oxidation sites excluding steroid dienone is 1. The molecule has 1 aliphatic heterocycles. The minimum absolute atomic E-state index is 0.853. The maximum Gasteiger partial charge on any atom is 0.111 e. The minimum atomic E-state index is 0.853. The number of fused-ring (bicyclic) bond motifs is 1. The first-order chi connectivity index (χ1) is 10.3. The van der Waals surface area contributed by atoms with E-state index in [1.807, 2.05) is 6.07 Å². The van der Waals surface area contributed by atoms with Crippen LogP contribution in [-0.4, -0.2) is 4.99 Å². The van der Waals surface area contributed by atoms with Gasteiger partial charge in [-0.05, 0) is 30.0 Å². The molecule has 106 valence electrons. The molecule has 0 radical (unpaired) electrons. The van der Waals surface area contributed by atoms with E-state index in [-0.39, 0.29) is 0 Å². The average Bonchev–Trinajstić information content (AvgIpc) is 2.85. The summed E-state index contributed by atoms with van der Waals surface area (Å²) in [6.07, 6.45) is 3.43. The van der Waals surface area contributed by atoms with Gasteiger partial charge in [0, 0.05) is 16.8 Å². The molecule has 0 atom stereocenters. The molecular weight excluding hydrogens is 274 g/mol. The van der Waals surface area contributed by atoms with E-state index in [0.29, 0.717) is 0 Å². The van der Waals surface area contributed by atoms with Gasteiger partial charge >= 0.3 is 0 Å². The van der Waals surface area contributed by atoms with Gasteiger partial charge in [0.25, 0.3) is 0 Å². The van der Waals surface area contributed by atoms with E-state index in [1.165, 1.54) is 35.1 Å². The predicted molar refractivity (Wildman–Crippen MR) is 95.4 cm³/mol. The molecule has 0 unspecified atom stereocenters. The molecule has 0 saturated heterocycles. The molecule has 0 saturated carbocycles. The van der Waals surface area contributed by atoms with Crippen molar-refractivity contribution in [1.29, 1.82) is 0 Å². The third kappa shape index (κ3) is 2.77. The van der Waals surface area contributed by atoms with Crippen LogP contribution in [0.5, 0.6) is 0 Å². The molecule has 0 amide bonds. The van der Waals surface area contributed by atoms with Crippen molar-refractivity contribution >= 4 is 34.0 Å². The molecule has 21 heavy (non-hydrogen) atoms. The molecule has 1 nitrogen and oxygen atoms in total. The summed E-state index contributed by atoms with van der Waals surface area (Å²) in [5, 5.41) is 3.35. The van der Waals surface area contributed by atoms with Gasteiger partial charge in [-0.3, -0.25) is 0 Å². The van der Waals surface area contributed by atoms with Gasteiger partial charge in [0.1, 0.15) is 4.99 Å². The summed E-state index contributed by atoms with van der Waals surface area (Å²) in [6.45, 7) is 2.23. The van der Waals surface area contributed by atoms with Crippen LogP contribution in [0.25, 0.3) is 11.1 Å². The second-order valence-electron chi connectivity index (χ2n) is 5.32. The van der Waals surface area contributed by atoms with Gasteiger partial charge in [0.2, 0.25) is 0 Å². The number of benzene rings is 2.